The predicted molar refractivity (Wildman–Crippen MR) is 109 cm³/mol. The highest BCUT2D eigenvalue weighted by Crippen LogP contribution is 2.31. The van der Waals surface area contributed by atoms with E-state index in [1.54, 1.807) is 12.1 Å². The van der Waals surface area contributed by atoms with Crippen LogP contribution in [0.25, 0.3) is 0 Å². The Labute approximate surface area is 180 Å². The molecule has 31 heavy (non-hydrogen) atoms. The van der Waals surface area contributed by atoms with Crippen LogP contribution in [-0.4, -0.2) is 77.9 Å². The average molecular weight is 426 g/mol. The van der Waals surface area contributed by atoms with Gasteiger partial charge in [0, 0.05) is 39.1 Å². The first kappa shape index (κ1) is 20.3. The number of hydrogen-bond donors (Lipinski definition) is 2. The zero-order valence-electron chi connectivity index (χ0n) is 17.3. The van der Waals surface area contributed by atoms with E-state index < -0.39 is 23.8 Å². The number of amides is 4. The summed E-state index contributed by atoms with van der Waals surface area (Å²) in [4.78, 5) is 52.7. The van der Waals surface area contributed by atoms with Crippen molar-refractivity contribution in [1.29, 1.82) is 0 Å². The van der Waals surface area contributed by atoms with Crippen LogP contribution in [0.5, 0.6) is 0 Å². The maximum absolute atomic E-state index is 13.0. The molecule has 4 amide bonds. The SMILES string of the molecule is O=C1CCC(N2C(=O)c3ccc(CN4CCC5(CC4)CNCCO5)cc3C2=O)C(=O)N1. The number of likely N-dealkylation sites (tertiary alicyclic amines) is 1. The first-order valence-electron chi connectivity index (χ1n) is 10.9. The van der Waals surface area contributed by atoms with Gasteiger partial charge in [-0.25, -0.2) is 0 Å². The summed E-state index contributed by atoms with van der Waals surface area (Å²) in [5.74, 6) is -1.90. The molecule has 0 aromatic heterocycles. The summed E-state index contributed by atoms with van der Waals surface area (Å²) in [5, 5.41) is 5.64. The number of fused-ring (bicyclic) bond motifs is 1. The Balaban J connectivity index is 1.27. The fraction of sp³-hybridized carbons (Fsp3) is 0.545. The van der Waals surface area contributed by atoms with E-state index in [1.807, 2.05) is 6.07 Å². The number of hydrogen-bond acceptors (Lipinski definition) is 7. The van der Waals surface area contributed by atoms with Gasteiger partial charge in [-0.3, -0.25) is 34.3 Å². The maximum atomic E-state index is 13.0. The standard InChI is InChI=1S/C22H26N4O5/c27-18-4-3-17(19(28)24-18)26-20(29)15-2-1-14(11-16(15)21(26)30)12-25-8-5-22(6-9-25)13-23-7-10-31-22/h1-2,11,17,23H,3-10,12-13H2,(H,24,27,28). The van der Waals surface area contributed by atoms with Gasteiger partial charge in [-0.15, -0.1) is 0 Å². The van der Waals surface area contributed by atoms with Crippen LogP contribution in [0.2, 0.25) is 0 Å². The number of carbonyl (C=O) groups is 4. The molecule has 5 rings (SSSR count). The van der Waals surface area contributed by atoms with Gasteiger partial charge in [0.05, 0.1) is 23.3 Å². The summed E-state index contributed by atoms with van der Waals surface area (Å²) in [5.41, 5.74) is 1.55. The summed E-state index contributed by atoms with van der Waals surface area (Å²) in [6.07, 6.45) is 2.21. The lowest BCUT2D eigenvalue weighted by Crippen LogP contribution is -2.55. The molecule has 1 atom stereocenters. The van der Waals surface area contributed by atoms with E-state index in [4.69, 9.17) is 4.74 Å². The minimum absolute atomic E-state index is 0.0580. The van der Waals surface area contributed by atoms with Crippen molar-refractivity contribution in [1.82, 2.24) is 20.4 Å². The number of nitrogens with one attached hydrogen (secondary N) is 2. The molecule has 9 heteroatoms. The molecule has 4 heterocycles. The summed E-state index contributed by atoms with van der Waals surface area (Å²) in [6, 6.07) is 4.39. The van der Waals surface area contributed by atoms with E-state index in [9.17, 15) is 19.2 Å². The molecule has 164 valence electrons. The van der Waals surface area contributed by atoms with Crippen LogP contribution in [0.3, 0.4) is 0 Å². The maximum Gasteiger partial charge on any atom is 0.262 e. The monoisotopic (exact) mass is 426 g/mol. The van der Waals surface area contributed by atoms with E-state index in [0.717, 1.165) is 56.1 Å². The summed E-state index contributed by atoms with van der Waals surface area (Å²) in [6.45, 7) is 5.07. The fourth-order valence-electron chi connectivity index (χ4n) is 5.02. The van der Waals surface area contributed by atoms with Crippen LogP contribution in [0, 0.1) is 0 Å². The lowest BCUT2D eigenvalue weighted by atomic mass is 9.90. The summed E-state index contributed by atoms with van der Waals surface area (Å²) < 4.78 is 6.05. The topological polar surface area (TPSA) is 108 Å². The van der Waals surface area contributed by atoms with Crippen molar-refractivity contribution in [2.24, 2.45) is 0 Å². The van der Waals surface area contributed by atoms with Crippen LogP contribution in [0.1, 0.15) is 52.0 Å². The minimum atomic E-state index is -0.934. The third-order valence-corrected chi connectivity index (χ3v) is 6.81. The first-order chi connectivity index (χ1) is 15.0. The third-order valence-electron chi connectivity index (χ3n) is 6.81. The molecular formula is C22H26N4O5. The van der Waals surface area contributed by atoms with Gasteiger partial charge >= 0.3 is 0 Å². The van der Waals surface area contributed by atoms with Gasteiger partial charge in [-0.1, -0.05) is 6.07 Å². The molecule has 1 aromatic carbocycles. The van der Waals surface area contributed by atoms with Gasteiger partial charge < -0.3 is 10.1 Å². The zero-order chi connectivity index (χ0) is 21.6. The quantitative estimate of drug-likeness (QED) is 0.657. The normalized spacial score (nSPS) is 26.3. The second kappa shape index (κ2) is 7.81. The predicted octanol–water partition coefficient (Wildman–Crippen LogP) is 0.0422. The van der Waals surface area contributed by atoms with E-state index in [1.165, 1.54) is 0 Å². The van der Waals surface area contributed by atoms with Gasteiger partial charge in [-0.05, 0) is 37.0 Å². The highest BCUT2D eigenvalue weighted by Gasteiger charge is 2.44. The molecule has 3 saturated heterocycles. The molecule has 0 aliphatic carbocycles. The molecular weight excluding hydrogens is 400 g/mol. The Hall–Kier alpha value is -2.62. The second-order valence-electron chi connectivity index (χ2n) is 8.81. The van der Waals surface area contributed by atoms with Crippen molar-refractivity contribution in [3.63, 3.8) is 0 Å². The lowest BCUT2D eigenvalue weighted by Gasteiger charge is -2.44. The Morgan fingerprint density at radius 2 is 1.84 bits per heavy atom. The highest BCUT2D eigenvalue weighted by atomic mass is 16.5. The van der Waals surface area contributed by atoms with Crippen molar-refractivity contribution in [2.45, 2.75) is 43.9 Å². The van der Waals surface area contributed by atoms with Gasteiger partial charge in [0.2, 0.25) is 11.8 Å². The van der Waals surface area contributed by atoms with E-state index in [2.05, 4.69) is 15.5 Å². The molecule has 1 aromatic rings. The smallest absolute Gasteiger partial charge is 0.262 e. The number of nitrogens with zero attached hydrogens (tertiary/aromatic N) is 2. The lowest BCUT2D eigenvalue weighted by molar-refractivity contribution is -0.136. The molecule has 1 spiro atoms. The van der Waals surface area contributed by atoms with Gasteiger partial charge in [0.1, 0.15) is 6.04 Å². The number of imide groups is 2. The molecule has 2 N–H and O–H groups in total. The van der Waals surface area contributed by atoms with Crippen LogP contribution in [0.4, 0.5) is 0 Å². The Morgan fingerprint density at radius 3 is 2.55 bits per heavy atom. The summed E-state index contributed by atoms with van der Waals surface area (Å²) >= 11 is 0. The molecule has 3 fully saturated rings. The number of ether oxygens (including phenoxy) is 1. The van der Waals surface area contributed by atoms with Crippen molar-refractivity contribution < 1.29 is 23.9 Å². The molecule has 1 unspecified atom stereocenters. The molecule has 0 radical (unpaired) electrons. The number of rotatable bonds is 3. The number of morpholine rings is 1. The summed E-state index contributed by atoms with van der Waals surface area (Å²) in [7, 11) is 0. The molecule has 0 bridgehead atoms. The van der Waals surface area contributed by atoms with E-state index >= 15 is 0 Å². The highest BCUT2D eigenvalue weighted by molar-refractivity contribution is 6.23. The average Bonchev–Trinajstić information content (AvgIpc) is 3.01. The number of piperidine rings is 2. The zero-order valence-corrected chi connectivity index (χ0v) is 17.3. The van der Waals surface area contributed by atoms with Crippen LogP contribution in [0.15, 0.2) is 18.2 Å². The first-order valence-corrected chi connectivity index (χ1v) is 10.9. The third kappa shape index (κ3) is 3.66. The van der Waals surface area contributed by atoms with Crippen molar-refractivity contribution in [3.8, 4) is 0 Å². The van der Waals surface area contributed by atoms with Gasteiger partial charge in [0.25, 0.3) is 11.8 Å². The van der Waals surface area contributed by atoms with Crippen LogP contribution >= 0.6 is 0 Å². The van der Waals surface area contributed by atoms with Crippen molar-refractivity contribution in [2.75, 3.05) is 32.8 Å². The second-order valence-corrected chi connectivity index (χ2v) is 8.81. The minimum Gasteiger partial charge on any atom is -0.372 e. The Kier molecular flexibility index (Phi) is 5.11. The van der Waals surface area contributed by atoms with Crippen molar-refractivity contribution >= 4 is 23.6 Å². The molecule has 0 saturated carbocycles. The number of benzene rings is 1. The van der Waals surface area contributed by atoms with Gasteiger partial charge in [-0.2, -0.15) is 0 Å². The van der Waals surface area contributed by atoms with Gasteiger partial charge in [0.15, 0.2) is 0 Å². The van der Waals surface area contributed by atoms with E-state index in [0.29, 0.717) is 17.7 Å². The molecule has 9 nitrogen and oxygen atoms in total. The molecule has 4 aliphatic heterocycles. The van der Waals surface area contributed by atoms with Crippen LogP contribution in [-0.2, 0) is 20.9 Å². The molecule has 4 aliphatic rings. The Bertz CT molecular complexity index is 945. The number of carbonyl (C=O) groups excluding carboxylic acids is 4. The van der Waals surface area contributed by atoms with E-state index in [-0.39, 0.29) is 24.3 Å². The largest absolute Gasteiger partial charge is 0.372 e. The Morgan fingerprint density at radius 1 is 1.06 bits per heavy atom. The fourth-order valence-corrected chi connectivity index (χ4v) is 5.02. The van der Waals surface area contributed by atoms with Crippen molar-refractivity contribution in [3.05, 3.63) is 34.9 Å². The van der Waals surface area contributed by atoms with Crippen LogP contribution < -0.4 is 10.6 Å².